The van der Waals surface area contributed by atoms with Gasteiger partial charge in [0.2, 0.25) is 0 Å². The molecule has 7 heteroatoms. The highest BCUT2D eigenvalue weighted by Gasteiger charge is 2.44. The number of thiophene rings is 1. The van der Waals surface area contributed by atoms with E-state index < -0.39 is 10.0 Å². The highest BCUT2D eigenvalue weighted by atomic mass is 35.5. The maximum absolute atomic E-state index is 12.6. The lowest BCUT2D eigenvalue weighted by molar-refractivity contribution is 0.338. The Kier molecular flexibility index (Phi) is 3.42. The predicted octanol–water partition coefficient (Wildman–Crippen LogP) is 2.08. The van der Waals surface area contributed by atoms with Gasteiger partial charge in [0.15, 0.2) is 0 Å². The van der Waals surface area contributed by atoms with Gasteiger partial charge in [-0.3, -0.25) is 0 Å². The van der Waals surface area contributed by atoms with Gasteiger partial charge in [-0.05, 0) is 43.4 Å². The molecule has 3 rings (SSSR count). The summed E-state index contributed by atoms with van der Waals surface area (Å²) in [6.45, 7) is 5.03. The third kappa shape index (κ3) is 2.34. The minimum Gasteiger partial charge on any atom is -0.316 e. The lowest BCUT2D eigenvalue weighted by Crippen LogP contribution is -2.33. The van der Waals surface area contributed by atoms with Crippen molar-refractivity contribution >= 4 is 33.0 Å². The Morgan fingerprint density at radius 2 is 2.26 bits per heavy atom. The van der Waals surface area contributed by atoms with Crippen LogP contribution in [0.25, 0.3) is 0 Å². The van der Waals surface area contributed by atoms with E-state index in [9.17, 15) is 8.42 Å². The second-order valence-electron chi connectivity index (χ2n) is 5.54. The molecule has 0 radical (unpaired) electrons. The molecule has 1 N–H and O–H groups in total. The molecule has 19 heavy (non-hydrogen) atoms. The molecule has 4 nitrogen and oxygen atoms in total. The third-order valence-electron chi connectivity index (χ3n) is 4.16. The number of sulfonamides is 1. The lowest BCUT2D eigenvalue weighted by Gasteiger charge is -2.22. The van der Waals surface area contributed by atoms with Crippen LogP contribution in [0.15, 0.2) is 10.3 Å². The minimum atomic E-state index is -3.36. The number of aryl methyl sites for hydroxylation is 1. The maximum atomic E-state index is 12.6. The van der Waals surface area contributed by atoms with Crippen molar-refractivity contribution in [3.63, 3.8) is 0 Å². The molecule has 0 aromatic carbocycles. The van der Waals surface area contributed by atoms with Gasteiger partial charge in [0.1, 0.15) is 4.21 Å². The zero-order valence-electron chi connectivity index (χ0n) is 10.8. The van der Waals surface area contributed by atoms with Gasteiger partial charge in [0.25, 0.3) is 10.0 Å². The summed E-state index contributed by atoms with van der Waals surface area (Å²) in [6, 6.07) is 1.68. The molecule has 1 spiro atoms. The number of nitrogens with one attached hydrogen (secondary N) is 1. The van der Waals surface area contributed by atoms with Crippen molar-refractivity contribution in [1.29, 1.82) is 0 Å². The van der Waals surface area contributed by atoms with Gasteiger partial charge in [-0.1, -0.05) is 11.6 Å². The van der Waals surface area contributed by atoms with Crippen LogP contribution in [0, 0.1) is 12.3 Å². The Hall–Kier alpha value is -0.140. The van der Waals surface area contributed by atoms with Crippen LogP contribution >= 0.6 is 22.9 Å². The number of rotatable bonds is 2. The molecule has 3 heterocycles. The molecule has 2 saturated heterocycles. The molecule has 1 aromatic heterocycles. The average Bonchev–Trinajstić information content (AvgIpc) is 3.05. The van der Waals surface area contributed by atoms with Crippen molar-refractivity contribution in [2.24, 2.45) is 5.41 Å². The monoisotopic (exact) mass is 320 g/mol. The minimum absolute atomic E-state index is 0.156. The fourth-order valence-corrected chi connectivity index (χ4v) is 6.35. The smallest absolute Gasteiger partial charge is 0.252 e. The fourth-order valence-electron chi connectivity index (χ4n) is 2.93. The van der Waals surface area contributed by atoms with Crippen molar-refractivity contribution in [3.8, 4) is 0 Å². The molecular formula is C12H17ClN2O2S2. The molecule has 1 atom stereocenters. The van der Waals surface area contributed by atoms with E-state index in [2.05, 4.69) is 5.32 Å². The van der Waals surface area contributed by atoms with Gasteiger partial charge in [-0.25, -0.2) is 8.42 Å². The van der Waals surface area contributed by atoms with Gasteiger partial charge in [0, 0.05) is 19.6 Å². The molecule has 106 valence electrons. The quantitative estimate of drug-likeness (QED) is 0.907. The van der Waals surface area contributed by atoms with E-state index in [0.29, 0.717) is 21.6 Å². The van der Waals surface area contributed by atoms with E-state index in [1.165, 1.54) is 0 Å². The van der Waals surface area contributed by atoms with E-state index in [1.807, 2.05) is 6.92 Å². The van der Waals surface area contributed by atoms with Gasteiger partial charge < -0.3 is 5.32 Å². The van der Waals surface area contributed by atoms with E-state index >= 15 is 0 Å². The van der Waals surface area contributed by atoms with Crippen molar-refractivity contribution in [1.82, 2.24) is 9.62 Å². The molecular weight excluding hydrogens is 304 g/mol. The topological polar surface area (TPSA) is 49.4 Å². The van der Waals surface area contributed by atoms with Gasteiger partial charge in [0.05, 0.1) is 4.34 Å². The molecule has 0 amide bonds. The summed E-state index contributed by atoms with van der Waals surface area (Å²) in [4.78, 5) is 0. The Morgan fingerprint density at radius 3 is 2.84 bits per heavy atom. The van der Waals surface area contributed by atoms with Crippen LogP contribution in [-0.2, 0) is 10.0 Å². The Balaban J connectivity index is 1.86. The third-order valence-corrected chi connectivity index (χ3v) is 8.01. The second-order valence-corrected chi connectivity index (χ2v) is 9.36. The number of halogens is 1. The van der Waals surface area contributed by atoms with Gasteiger partial charge in [-0.2, -0.15) is 4.31 Å². The molecule has 2 aliphatic heterocycles. The van der Waals surface area contributed by atoms with Crippen molar-refractivity contribution in [2.45, 2.75) is 24.0 Å². The van der Waals surface area contributed by atoms with Crippen molar-refractivity contribution in [3.05, 3.63) is 16.0 Å². The Bertz CT molecular complexity index is 571. The molecule has 0 saturated carbocycles. The van der Waals surface area contributed by atoms with E-state index in [1.54, 1.807) is 10.4 Å². The lowest BCUT2D eigenvalue weighted by atomic mass is 9.87. The van der Waals surface area contributed by atoms with E-state index in [4.69, 9.17) is 11.6 Å². The molecule has 2 aliphatic rings. The predicted molar refractivity (Wildman–Crippen MR) is 77.4 cm³/mol. The summed E-state index contributed by atoms with van der Waals surface area (Å²) in [5, 5.41) is 3.34. The summed E-state index contributed by atoms with van der Waals surface area (Å²) >= 11 is 7.15. The first-order valence-electron chi connectivity index (χ1n) is 6.40. The molecule has 1 unspecified atom stereocenters. The molecule has 1 aromatic rings. The van der Waals surface area contributed by atoms with Crippen LogP contribution in [0.2, 0.25) is 4.34 Å². The first kappa shape index (κ1) is 13.8. The van der Waals surface area contributed by atoms with Crippen molar-refractivity contribution < 1.29 is 8.42 Å². The zero-order valence-corrected chi connectivity index (χ0v) is 13.2. The van der Waals surface area contributed by atoms with Crippen LogP contribution in [0.4, 0.5) is 0 Å². The summed E-state index contributed by atoms with van der Waals surface area (Å²) in [5.41, 5.74) is 0.991. The highest BCUT2D eigenvalue weighted by Crippen LogP contribution is 2.40. The summed E-state index contributed by atoms with van der Waals surface area (Å²) < 4.78 is 27.8. The zero-order chi connectivity index (χ0) is 13.7. The van der Waals surface area contributed by atoms with Crippen LogP contribution in [0.5, 0.6) is 0 Å². The SMILES string of the molecule is Cc1cc(S(=O)(=O)N2CCC3(CCNC3)C2)sc1Cl. The van der Waals surface area contributed by atoms with Gasteiger partial charge in [-0.15, -0.1) is 11.3 Å². The van der Waals surface area contributed by atoms with Crippen LogP contribution in [-0.4, -0.2) is 38.9 Å². The van der Waals surface area contributed by atoms with E-state index in [0.717, 1.165) is 42.8 Å². The highest BCUT2D eigenvalue weighted by molar-refractivity contribution is 7.91. The summed E-state index contributed by atoms with van der Waals surface area (Å²) in [7, 11) is -3.36. The van der Waals surface area contributed by atoms with Crippen LogP contribution in [0.3, 0.4) is 0 Å². The van der Waals surface area contributed by atoms with Gasteiger partial charge >= 0.3 is 0 Å². The van der Waals surface area contributed by atoms with Crippen LogP contribution in [0.1, 0.15) is 18.4 Å². The standard InChI is InChI=1S/C12H17ClN2O2S2/c1-9-6-10(18-11(9)13)19(16,17)15-5-3-12(8-15)2-4-14-7-12/h6,14H,2-5,7-8H2,1H3. The Labute approximate surface area is 122 Å². The normalized spacial score (nSPS) is 28.5. The largest absolute Gasteiger partial charge is 0.316 e. The maximum Gasteiger partial charge on any atom is 0.252 e. The fraction of sp³-hybridized carbons (Fsp3) is 0.667. The molecule has 0 bridgehead atoms. The van der Waals surface area contributed by atoms with Crippen LogP contribution < -0.4 is 5.32 Å². The van der Waals surface area contributed by atoms with Crippen molar-refractivity contribution in [2.75, 3.05) is 26.2 Å². The second kappa shape index (κ2) is 4.70. The number of hydrogen-bond acceptors (Lipinski definition) is 4. The first-order valence-corrected chi connectivity index (χ1v) is 9.03. The summed E-state index contributed by atoms with van der Waals surface area (Å²) in [5.74, 6) is 0. The average molecular weight is 321 g/mol. The van der Waals surface area contributed by atoms with E-state index in [-0.39, 0.29) is 5.41 Å². The Morgan fingerprint density at radius 1 is 1.47 bits per heavy atom. The summed E-state index contributed by atoms with van der Waals surface area (Å²) in [6.07, 6.45) is 2.03. The first-order chi connectivity index (χ1) is 8.93. The molecule has 0 aliphatic carbocycles. The molecule has 2 fully saturated rings. The number of nitrogens with zero attached hydrogens (tertiary/aromatic N) is 1. The number of hydrogen-bond donors (Lipinski definition) is 1.